The maximum Gasteiger partial charge on any atom is 0.446 e. The van der Waals surface area contributed by atoms with Crippen molar-refractivity contribution in [3.63, 3.8) is 0 Å². The molecule has 2 N–H and O–H groups in total. The van der Waals surface area contributed by atoms with Gasteiger partial charge in [-0.05, 0) is 31.6 Å². The molecule has 0 saturated heterocycles. The van der Waals surface area contributed by atoms with E-state index >= 15 is 0 Å². The van der Waals surface area contributed by atoms with Crippen molar-refractivity contribution in [2.45, 2.75) is 50.5 Å². The Morgan fingerprint density at radius 3 is 1.78 bits per heavy atom. The smallest absolute Gasteiger partial charge is 0.328 e. The molecule has 1 saturated carbocycles. The summed E-state index contributed by atoms with van der Waals surface area (Å²) in [7, 11) is -3.59. The van der Waals surface area contributed by atoms with E-state index in [9.17, 15) is 34.8 Å². The zero-order valence-corrected chi connectivity index (χ0v) is 13.0. The summed E-state index contributed by atoms with van der Waals surface area (Å²) < 4.78 is 90.0. The fourth-order valence-electron chi connectivity index (χ4n) is 2.07. The third-order valence-electron chi connectivity index (χ3n) is 3.21. The number of alkyl halides is 6. The van der Waals surface area contributed by atoms with Crippen LogP contribution in [0.15, 0.2) is 0 Å². The van der Waals surface area contributed by atoms with Crippen LogP contribution in [0.2, 0.25) is 0 Å². The summed E-state index contributed by atoms with van der Waals surface area (Å²) in [5.41, 5.74) is 5.68. The predicted molar refractivity (Wildman–Crippen MR) is 71.4 cm³/mol. The first kappa shape index (κ1) is 22.2. The van der Waals surface area contributed by atoms with Crippen molar-refractivity contribution in [3.8, 4) is 0 Å². The highest BCUT2D eigenvalue weighted by Gasteiger charge is 2.31. The van der Waals surface area contributed by atoms with Crippen LogP contribution in [0.25, 0.3) is 0 Å². The van der Waals surface area contributed by atoms with E-state index in [1.807, 2.05) is 0 Å². The molecule has 138 valence electrons. The molecule has 11 heteroatoms. The molecule has 0 heterocycles. The van der Waals surface area contributed by atoms with E-state index in [1.54, 1.807) is 0 Å². The molecule has 1 aliphatic rings. The molecule has 0 unspecified atom stereocenters. The minimum atomic E-state index is -4.64. The maximum atomic E-state index is 11.9. The molecule has 0 aromatic heterocycles. The van der Waals surface area contributed by atoms with E-state index < -0.39 is 40.6 Å². The van der Waals surface area contributed by atoms with Gasteiger partial charge >= 0.3 is 12.4 Å². The number of hydrogen-bond acceptors (Lipinski definition) is 4. The van der Waals surface area contributed by atoms with Gasteiger partial charge in [0, 0.05) is 6.04 Å². The number of carbonyl (C=O) groups excluding carboxylic acids is 1. The number of aldehydes is 1. The van der Waals surface area contributed by atoms with Gasteiger partial charge in [0.2, 0.25) is 6.29 Å². The summed E-state index contributed by atoms with van der Waals surface area (Å²) in [6.45, 7) is 0. The Morgan fingerprint density at radius 1 is 1.00 bits per heavy atom. The van der Waals surface area contributed by atoms with Crippen molar-refractivity contribution in [2.24, 2.45) is 11.7 Å². The quantitative estimate of drug-likeness (QED) is 0.609. The van der Waals surface area contributed by atoms with Gasteiger partial charge in [0.15, 0.2) is 9.84 Å². The minimum absolute atomic E-state index is 0.0203. The fraction of sp³-hybridized carbons (Fsp3) is 0.917. The Morgan fingerprint density at radius 2 is 1.43 bits per heavy atom. The van der Waals surface area contributed by atoms with Gasteiger partial charge in [-0.25, -0.2) is 8.42 Å². The van der Waals surface area contributed by atoms with E-state index in [-0.39, 0.29) is 17.7 Å². The largest absolute Gasteiger partial charge is 0.446 e. The Balaban J connectivity index is 0.000000688. The Labute approximate surface area is 130 Å². The molecule has 0 amide bonds. The van der Waals surface area contributed by atoms with Gasteiger partial charge in [0.25, 0.3) is 0 Å². The molecule has 1 aliphatic carbocycles. The second-order valence-corrected chi connectivity index (χ2v) is 7.65. The van der Waals surface area contributed by atoms with Gasteiger partial charge in [-0.15, -0.1) is 0 Å². The molecule has 0 aromatic carbocycles. The van der Waals surface area contributed by atoms with Gasteiger partial charge in [0.05, 0.1) is 17.9 Å². The van der Waals surface area contributed by atoms with Crippen LogP contribution in [0.4, 0.5) is 26.3 Å². The first-order valence-corrected chi connectivity index (χ1v) is 8.62. The molecule has 0 aliphatic heterocycles. The number of rotatable bonds is 4. The third-order valence-corrected chi connectivity index (χ3v) is 5.02. The molecule has 4 nitrogen and oxygen atoms in total. The second-order valence-electron chi connectivity index (χ2n) is 5.42. The normalized spacial score (nSPS) is 22.9. The van der Waals surface area contributed by atoms with Crippen molar-refractivity contribution in [3.05, 3.63) is 0 Å². The average molecular weight is 371 g/mol. The summed E-state index contributed by atoms with van der Waals surface area (Å²) in [6, 6.07) is 0.115. The summed E-state index contributed by atoms with van der Waals surface area (Å²) in [5, 5.41) is 0. The van der Waals surface area contributed by atoms with E-state index in [2.05, 4.69) is 0 Å². The van der Waals surface area contributed by atoms with Crippen LogP contribution < -0.4 is 5.73 Å². The van der Waals surface area contributed by atoms with E-state index in [4.69, 9.17) is 10.5 Å². The molecule has 0 bridgehead atoms. The Kier molecular flexibility index (Phi) is 8.53. The molecule has 0 radical (unpaired) electrons. The number of sulfone groups is 1. The molecular formula is C12H19F6NO3S. The molecule has 23 heavy (non-hydrogen) atoms. The van der Waals surface area contributed by atoms with Crippen molar-refractivity contribution in [1.29, 1.82) is 0 Å². The van der Waals surface area contributed by atoms with Crippen LogP contribution in [-0.4, -0.2) is 44.6 Å². The van der Waals surface area contributed by atoms with E-state index in [1.165, 1.54) is 0 Å². The standard InChI is InChI=1S/C10H18F3NO2S.C2HF3O/c11-10(12,13)5-6-17(15,16)7-8-1-3-9(14)4-2-8;3-2(4,5)1-6/h8-9H,1-7,14H2;1H. The lowest BCUT2D eigenvalue weighted by Crippen LogP contribution is -2.30. The molecule has 0 spiro atoms. The predicted octanol–water partition coefficient (Wildman–Crippen LogP) is 2.62. The topological polar surface area (TPSA) is 77.2 Å². The van der Waals surface area contributed by atoms with Gasteiger partial charge in [-0.3, -0.25) is 4.79 Å². The van der Waals surface area contributed by atoms with E-state index in [0.717, 1.165) is 12.8 Å². The van der Waals surface area contributed by atoms with Crippen LogP contribution in [0.1, 0.15) is 32.1 Å². The first-order chi connectivity index (χ1) is 10.2. The van der Waals surface area contributed by atoms with Crippen LogP contribution in [0.5, 0.6) is 0 Å². The fourth-order valence-corrected chi connectivity index (χ4v) is 3.83. The molecule has 1 fully saturated rings. The molecule has 1 rings (SSSR count). The zero-order chi connectivity index (χ0) is 18.3. The Hall–Kier alpha value is -0.840. The van der Waals surface area contributed by atoms with Crippen LogP contribution >= 0.6 is 0 Å². The SMILES string of the molecule is NC1CCC(CS(=O)(=O)CCC(F)(F)F)CC1.O=CC(F)(F)F. The lowest BCUT2D eigenvalue weighted by molar-refractivity contribution is -0.156. The number of hydrogen-bond donors (Lipinski definition) is 1. The summed E-state index contributed by atoms with van der Waals surface area (Å²) in [4.78, 5) is 8.70. The molecular weight excluding hydrogens is 352 g/mol. The lowest BCUT2D eigenvalue weighted by atomic mass is 9.88. The van der Waals surface area contributed by atoms with Crippen molar-refractivity contribution >= 4 is 16.1 Å². The highest BCUT2D eigenvalue weighted by Crippen LogP contribution is 2.26. The summed E-state index contributed by atoms with van der Waals surface area (Å²) >= 11 is 0. The molecule has 0 aromatic rings. The number of halogens is 6. The van der Waals surface area contributed by atoms with E-state index in [0.29, 0.717) is 12.8 Å². The van der Waals surface area contributed by atoms with Gasteiger partial charge in [-0.2, -0.15) is 26.3 Å². The maximum absolute atomic E-state index is 11.9. The molecule has 0 atom stereocenters. The van der Waals surface area contributed by atoms with Crippen molar-refractivity contribution in [2.75, 3.05) is 11.5 Å². The summed E-state index contributed by atoms with van der Waals surface area (Å²) in [5.74, 6) is -0.942. The highest BCUT2D eigenvalue weighted by atomic mass is 32.2. The van der Waals surface area contributed by atoms with Crippen molar-refractivity contribution < 1.29 is 39.6 Å². The van der Waals surface area contributed by atoms with Crippen LogP contribution in [-0.2, 0) is 14.6 Å². The highest BCUT2D eigenvalue weighted by molar-refractivity contribution is 7.91. The third kappa shape index (κ3) is 13.3. The van der Waals surface area contributed by atoms with Crippen LogP contribution in [0.3, 0.4) is 0 Å². The first-order valence-electron chi connectivity index (χ1n) is 6.80. The zero-order valence-electron chi connectivity index (χ0n) is 12.2. The van der Waals surface area contributed by atoms with Gasteiger partial charge in [-0.1, -0.05) is 0 Å². The average Bonchev–Trinajstić information content (AvgIpc) is 2.38. The summed E-state index contributed by atoms with van der Waals surface area (Å²) in [6.07, 6.45) is -8.42. The van der Waals surface area contributed by atoms with Crippen LogP contribution in [0, 0.1) is 5.92 Å². The van der Waals surface area contributed by atoms with Gasteiger partial charge < -0.3 is 5.73 Å². The number of carbonyl (C=O) groups is 1. The monoisotopic (exact) mass is 371 g/mol. The van der Waals surface area contributed by atoms with Gasteiger partial charge in [0.1, 0.15) is 0 Å². The van der Waals surface area contributed by atoms with Crippen molar-refractivity contribution in [1.82, 2.24) is 0 Å². The number of nitrogens with two attached hydrogens (primary N) is 1. The lowest BCUT2D eigenvalue weighted by Gasteiger charge is -2.25. The Bertz CT molecular complexity index is 452. The minimum Gasteiger partial charge on any atom is -0.328 e. The second kappa shape index (κ2) is 8.86.